The molecule has 0 saturated carbocycles. The zero-order valence-electron chi connectivity index (χ0n) is 11.4. The van der Waals surface area contributed by atoms with E-state index in [-0.39, 0.29) is 5.38 Å². The van der Waals surface area contributed by atoms with Crippen molar-refractivity contribution in [3.8, 4) is 5.75 Å². The van der Waals surface area contributed by atoms with Crippen molar-refractivity contribution in [1.29, 1.82) is 0 Å². The number of hydrogen-bond donors (Lipinski definition) is 0. The number of thiophene rings is 1. The third-order valence-electron chi connectivity index (χ3n) is 2.96. The lowest BCUT2D eigenvalue weighted by Gasteiger charge is -2.13. The molecular weight excluding hydrogens is 360 g/mol. The first kappa shape index (κ1) is 15.8. The summed E-state index contributed by atoms with van der Waals surface area (Å²) in [6, 6.07) is 5.95. The summed E-state index contributed by atoms with van der Waals surface area (Å²) in [6.45, 7) is 3.18. The lowest BCUT2D eigenvalue weighted by atomic mass is 10.0. The summed E-state index contributed by atoms with van der Waals surface area (Å²) < 4.78 is 11.5. The van der Waals surface area contributed by atoms with Crippen molar-refractivity contribution >= 4 is 38.9 Å². The van der Waals surface area contributed by atoms with Crippen molar-refractivity contribution in [2.45, 2.75) is 12.3 Å². The summed E-state index contributed by atoms with van der Waals surface area (Å²) in [5.74, 6) is 0.803. The molecular formula is C15H16BrClO2S. The fourth-order valence-corrected chi connectivity index (χ4v) is 3.67. The van der Waals surface area contributed by atoms with Crippen molar-refractivity contribution in [3.05, 3.63) is 50.1 Å². The monoisotopic (exact) mass is 374 g/mol. The first-order valence-electron chi connectivity index (χ1n) is 6.21. The second kappa shape index (κ2) is 7.46. The van der Waals surface area contributed by atoms with E-state index in [1.54, 1.807) is 18.4 Å². The Balaban J connectivity index is 2.14. The summed E-state index contributed by atoms with van der Waals surface area (Å²) in [4.78, 5) is 0. The Bertz CT molecular complexity index is 571. The van der Waals surface area contributed by atoms with Crippen LogP contribution in [-0.2, 0) is 4.74 Å². The quantitative estimate of drug-likeness (QED) is 0.512. The minimum Gasteiger partial charge on any atom is -0.490 e. The number of aryl methyl sites for hydroxylation is 1. The molecule has 0 radical (unpaired) electrons. The van der Waals surface area contributed by atoms with Crippen LogP contribution in [-0.4, -0.2) is 20.3 Å². The van der Waals surface area contributed by atoms with Crippen LogP contribution in [0.1, 0.15) is 22.1 Å². The minimum atomic E-state index is -0.134. The highest BCUT2D eigenvalue weighted by Crippen LogP contribution is 2.36. The van der Waals surface area contributed by atoms with E-state index >= 15 is 0 Å². The number of benzene rings is 1. The first-order valence-corrected chi connectivity index (χ1v) is 8.38. The van der Waals surface area contributed by atoms with Crippen LogP contribution in [0.2, 0.25) is 0 Å². The average Bonchev–Trinajstić information content (AvgIpc) is 2.86. The maximum Gasteiger partial charge on any atom is 0.133 e. The highest BCUT2D eigenvalue weighted by atomic mass is 79.9. The molecule has 2 aromatic rings. The number of rotatable bonds is 6. The molecule has 1 unspecified atom stereocenters. The molecule has 0 N–H and O–H groups in total. The molecule has 2 rings (SSSR count). The molecule has 0 amide bonds. The van der Waals surface area contributed by atoms with Crippen molar-refractivity contribution in [1.82, 2.24) is 0 Å². The van der Waals surface area contributed by atoms with E-state index in [0.717, 1.165) is 21.3 Å². The average molecular weight is 376 g/mol. The fourth-order valence-electron chi connectivity index (χ4n) is 1.84. The van der Waals surface area contributed by atoms with Gasteiger partial charge in [-0.2, -0.15) is 11.3 Å². The number of hydrogen-bond acceptors (Lipinski definition) is 3. The molecule has 0 fully saturated rings. The standard InChI is InChI=1S/C15H16BrClO2S/c1-10-8-20-9-12(10)15(17)11-3-4-14(13(16)7-11)19-6-5-18-2/h3-4,7-9,15H,5-6H2,1-2H3. The molecule has 20 heavy (non-hydrogen) atoms. The van der Waals surface area contributed by atoms with Gasteiger partial charge in [-0.3, -0.25) is 0 Å². The van der Waals surface area contributed by atoms with E-state index in [1.165, 1.54) is 5.56 Å². The SMILES string of the molecule is COCCOc1ccc(C(Cl)c2cscc2C)cc1Br. The third kappa shape index (κ3) is 3.76. The van der Waals surface area contributed by atoms with Crippen LogP contribution < -0.4 is 4.74 Å². The lowest BCUT2D eigenvalue weighted by molar-refractivity contribution is 0.146. The summed E-state index contributed by atoms with van der Waals surface area (Å²) in [5.41, 5.74) is 3.45. The number of methoxy groups -OCH3 is 1. The van der Waals surface area contributed by atoms with Gasteiger partial charge in [-0.15, -0.1) is 11.6 Å². The molecule has 0 aliphatic carbocycles. The largest absolute Gasteiger partial charge is 0.490 e. The van der Waals surface area contributed by atoms with Gasteiger partial charge in [0, 0.05) is 7.11 Å². The van der Waals surface area contributed by atoms with Crippen LogP contribution >= 0.6 is 38.9 Å². The Hall–Kier alpha value is -0.550. The van der Waals surface area contributed by atoms with Crippen molar-refractivity contribution in [3.63, 3.8) is 0 Å². The second-order valence-electron chi connectivity index (χ2n) is 4.40. The van der Waals surface area contributed by atoms with Crippen LogP contribution in [0.25, 0.3) is 0 Å². The maximum absolute atomic E-state index is 6.55. The van der Waals surface area contributed by atoms with Gasteiger partial charge in [0.25, 0.3) is 0 Å². The minimum absolute atomic E-state index is 0.134. The summed E-state index contributed by atoms with van der Waals surface area (Å²) in [5, 5.41) is 4.08. The van der Waals surface area contributed by atoms with Gasteiger partial charge >= 0.3 is 0 Å². The Morgan fingerprint density at radius 2 is 2.10 bits per heavy atom. The summed E-state index contributed by atoms with van der Waals surface area (Å²) in [6.07, 6.45) is 0. The molecule has 0 bridgehead atoms. The normalized spacial score (nSPS) is 12.4. The van der Waals surface area contributed by atoms with Crippen molar-refractivity contribution in [2.24, 2.45) is 0 Å². The molecule has 5 heteroatoms. The first-order chi connectivity index (χ1) is 9.63. The van der Waals surface area contributed by atoms with Gasteiger partial charge in [0.2, 0.25) is 0 Å². The van der Waals surface area contributed by atoms with Gasteiger partial charge in [-0.05, 0) is 62.4 Å². The van der Waals surface area contributed by atoms with Crippen molar-refractivity contribution < 1.29 is 9.47 Å². The van der Waals surface area contributed by atoms with Crippen LogP contribution in [0.4, 0.5) is 0 Å². The number of halogens is 2. The molecule has 0 spiro atoms. The zero-order valence-corrected chi connectivity index (χ0v) is 14.5. The molecule has 1 aromatic heterocycles. The molecule has 1 aromatic carbocycles. The summed E-state index contributed by atoms with van der Waals surface area (Å²) in [7, 11) is 1.66. The van der Waals surface area contributed by atoms with Crippen LogP contribution in [0.3, 0.4) is 0 Å². The second-order valence-corrected chi connectivity index (χ2v) is 6.44. The van der Waals surface area contributed by atoms with E-state index in [2.05, 4.69) is 33.6 Å². The maximum atomic E-state index is 6.55. The number of alkyl halides is 1. The smallest absolute Gasteiger partial charge is 0.133 e. The van der Waals surface area contributed by atoms with Gasteiger partial charge in [0.1, 0.15) is 12.4 Å². The van der Waals surface area contributed by atoms with Gasteiger partial charge in [0.05, 0.1) is 16.5 Å². The van der Waals surface area contributed by atoms with Gasteiger partial charge in [0.15, 0.2) is 0 Å². The van der Waals surface area contributed by atoms with Gasteiger partial charge < -0.3 is 9.47 Å². The topological polar surface area (TPSA) is 18.5 Å². The molecule has 0 aliphatic heterocycles. The Kier molecular flexibility index (Phi) is 5.90. The highest BCUT2D eigenvalue weighted by molar-refractivity contribution is 9.10. The van der Waals surface area contributed by atoms with E-state index in [1.807, 2.05) is 18.2 Å². The zero-order chi connectivity index (χ0) is 14.5. The van der Waals surface area contributed by atoms with Gasteiger partial charge in [-0.25, -0.2) is 0 Å². The molecule has 2 nitrogen and oxygen atoms in total. The van der Waals surface area contributed by atoms with Crippen LogP contribution in [0.5, 0.6) is 5.75 Å². The van der Waals surface area contributed by atoms with E-state index in [9.17, 15) is 0 Å². The third-order valence-corrected chi connectivity index (χ3v) is 4.95. The molecule has 108 valence electrons. The molecule has 1 heterocycles. The summed E-state index contributed by atoms with van der Waals surface area (Å²) >= 11 is 11.8. The van der Waals surface area contributed by atoms with Gasteiger partial charge in [-0.1, -0.05) is 6.07 Å². The molecule has 0 saturated heterocycles. The molecule has 1 atom stereocenters. The van der Waals surface area contributed by atoms with E-state index in [0.29, 0.717) is 13.2 Å². The van der Waals surface area contributed by atoms with E-state index < -0.39 is 0 Å². The fraction of sp³-hybridized carbons (Fsp3) is 0.333. The van der Waals surface area contributed by atoms with Crippen molar-refractivity contribution in [2.75, 3.05) is 20.3 Å². The van der Waals surface area contributed by atoms with Crippen LogP contribution in [0, 0.1) is 6.92 Å². The van der Waals surface area contributed by atoms with Crippen LogP contribution in [0.15, 0.2) is 33.4 Å². The lowest BCUT2D eigenvalue weighted by Crippen LogP contribution is -2.05. The Labute approximate surface area is 136 Å². The van der Waals surface area contributed by atoms with E-state index in [4.69, 9.17) is 21.1 Å². The molecule has 0 aliphatic rings. The highest BCUT2D eigenvalue weighted by Gasteiger charge is 2.15. The Morgan fingerprint density at radius 3 is 2.70 bits per heavy atom. The number of ether oxygens (including phenoxy) is 2. The predicted molar refractivity (Wildman–Crippen MR) is 88.3 cm³/mol. The Morgan fingerprint density at radius 1 is 1.30 bits per heavy atom. The predicted octanol–water partition coefficient (Wildman–Crippen LogP) is 5.17.